The van der Waals surface area contributed by atoms with Gasteiger partial charge in [0.1, 0.15) is 18.5 Å². The molecule has 1 aliphatic rings. The number of hydrogen-bond acceptors (Lipinski definition) is 9. The summed E-state index contributed by atoms with van der Waals surface area (Å²) in [6.07, 6.45) is -5.83. The van der Waals surface area contributed by atoms with Gasteiger partial charge in [0.05, 0.1) is 18.8 Å². The Bertz CT molecular complexity index is 1430. The number of halogens is 3. The molecule has 17 heteroatoms. The summed E-state index contributed by atoms with van der Waals surface area (Å²) in [5.74, 6) is -0.847. The second-order valence-corrected chi connectivity index (χ2v) is 12.5. The Hall–Kier alpha value is -3.73. The van der Waals surface area contributed by atoms with E-state index in [-0.39, 0.29) is 47.5 Å². The minimum atomic E-state index is -4.84. The zero-order valence-corrected chi connectivity index (χ0v) is 24.5. The zero-order valence-electron chi connectivity index (χ0n) is 23.7. The number of aliphatic hydroxyl groups is 1. The Morgan fingerprint density at radius 3 is 2.48 bits per heavy atom. The van der Waals surface area contributed by atoms with Gasteiger partial charge >= 0.3 is 12.3 Å². The molecule has 1 atom stereocenters. The van der Waals surface area contributed by atoms with Gasteiger partial charge in [-0.15, -0.1) is 5.10 Å². The van der Waals surface area contributed by atoms with Crippen LogP contribution < -0.4 is 24.8 Å². The maximum Gasteiger partial charge on any atom is 0.427 e. The van der Waals surface area contributed by atoms with Crippen LogP contribution in [0.3, 0.4) is 0 Å². The number of carbonyl (C=O) groups excluding carboxylic acids is 2. The molecular weight excluding hydrogens is 587 g/mol. The number of aryl methyl sites for hydroxylation is 1. The SMILES string of the molecule is CCn1cc(S(=O)(=O)N2C[C@H](CC(C)(C)C(N)=O)Oc3ccc(NC(=O)OC(C)(C)C(F)(F)F)cc32)c(OCCO)n1. The molecule has 3 rings (SSSR count). The predicted molar refractivity (Wildman–Crippen MR) is 144 cm³/mol. The number of nitrogens with zero attached hydrogens (tertiary/aromatic N) is 3. The number of primary amides is 1. The number of amides is 2. The van der Waals surface area contributed by atoms with Gasteiger partial charge in [0.2, 0.25) is 11.5 Å². The molecule has 13 nitrogen and oxygen atoms in total. The van der Waals surface area contributed by atoms with Crippen molar-refractivity contribution in [2.24, 2.45) is 11.1 Å². The number of nitrogens with two attached hydrogens (primary N) is 1. The number of aliphatic hydroxyl groups excluding tert-OH is 1. The third-order valence-electron chi connectivity index (χ3n) is 6.49. The van der Waals surface area contributed by atoms with Crippen LogP contribution in [0.15, 0.2) is 29.3 Å². The first kappa shape index (κ1) is 32.8. The number of rotatable bonds is 11. The topological polar surface area (TPSA) is 175 Å². The fourth-order valence-corrected chi connectivity index (χ4v) is 5.49. The summed E-state index contributed by atoms with van der Waals surface area (Å²) in [6.45, 7) is 5.61. The van der Waals surface area contributed by atoms with Crippen molar-refractivity contribution in [3.8, 4) is 11.6 Å². The number of alkyl halides is 3. The first-order valence-electron chi connectivity index (χ1n) is 12.8. The van der Waals surface area contributed by atoms with Crippen LogP contribution in [-0.2, 0) is 26.1 Å². The highest BCUT2D eigenvalue weighted by atomic mass is 32.2. The normalized spacial score (nSPS) is 15.9. The molecule has 1 aromatic carbocycles. The van der Waals surface area contributed by atoms with Crippen molar-refractivity contribution < 1.29 is 50.5 Å². The van der Waals surface area contributed by atoms with Crippen molar-refractivity contribution in [2.45, 2.75) is 70.4 Å². The Labute approximate surface area is 240 Å². The van der Waals surface area contributed by atoms with E-state index < -0.39 is 51.9 Å². The Balaban J connectivity index is 2.06. The smallest absolute Gasteiger partial charge is 0.427 e. The van der Waals surface area contributed by atoms with Crippen LogP contribution in [0.2, 0.25) is 0 Å². The lowest BCUT2D eigenvalue weighted by atomic mass is 9.85. The van der Waals surface area contributed by atoms with Gasteiger partial charge in [-0.1, -0.05) is 13.8 Å². The number of aromatic nitrogens is 2. The minimum Gasteiger partial charge on any atom is -0.486 e. The summed E-state index contributed by atoms with van der Waals surface area (Å²) in [7, 11) is -4.47. The molecule has 0 saturated heterocycles. The fourth-order valence-electron chi connectivity index (χ4n) is 3.91. The van der Waals surface area contributed by atoms with Gasteiger partial charge < -0.3 is 25.1 Å². The van der Waals surface area contributed by atoms with Crippen LogP contribution in [0.25, 0.3) is 0 Å². The van der Waals surface area contributed by atoms with Crippen molar-refractivity contribution in [1.29, 1.82) is 0 Å². The quantitative estimate of drug-likeness (QED) is 0.341. The number of benzene rings is 1. The lowest BCUT2D eigenvalue weighted by Gasteiger charge is -2.38. The summed E-state index contributed by atoms with van der Waals surface area (Å²) in [5, 5.41) is 15.5. The third-order valence-corrected chi connectivity index (χ3v) is 8.25. The van der Waals surface area contributed by atoms with Crippen LogP contribution in [0.1, 0.15) is 41.0 Å². The number of carbonyl (C=O) groups is 2. The molecule has 0 unspecified atom stereocenters. The fraction of sp³-hybridized carbons (Fsp3) is 0.560. The molecule has 0 fully saturated rings. The number of fused-ring (bicyclic) bond motifs is 1. The first-order valence-corrected chi connectivity index (χ1v) is 14.3. The van der Waals surface area contributed by atoms with Gasteiger partial charge in [-0.3, -0.25) is 19.1 Å². The maximum absolute atomic E-state index is 14.1. The second kappa shape index (κ2) is 11.9. The largest absolute Gasteiger partial charge is 0.486 e. The van der Waals surface area contributed by atoms with E-state index in [9.17, 15) is 36.3 Å². The Morgan fingerprint density at radius 2 is 1.90 bits per heavy atom. The lowest BCUT2D eigenvalue weighted by Crippen LogP contribution is -2.47. The van der Waals surface area contributed by atoms with Gasteiger partial charge in [0.15, 0.2) is 4.90 Å². The molecule has 0 saturated carbocycles. The van der Waals surface area contributed by atoms with Gasteiger partial charge in [-0.05, 0) is 45.4 Å². The summed E-state index contributed by atoms with van der Waals surface area (Å²) in [6, 6.07) is 3.81. The number of nitrogens with one attached hydrogen (secondary N) is 1. The van der Waals surface area contributed by atoms with E-state index in [1.807, 2.05) is 0 Å². The van der Waals surface area contributed by atoms with E-state index in [2.05, 4.69) is 15.2 Å². The molecule has 42 heavy (non-hydrogen) atoms. The first-order chi connectivity index (χ1) is 19.3. The van der Waals surface area contributed by atoms with Crippen LogP contribution in [0.5, 0.6) is 11.6 Å². The molecule has 2 aromatic rings. The van der Waals surface area contributed by atoms with Gasteiger partial charge in [0, 0.05) is 23.8 Å². The average molecular weight is 622 g/mol. The zero-order chi connectivity index (χ0) is 31.7. The van der Waals surface area contributed by atoms with Crippen LogP contribution in [0, 0.1) is 5.41 Å². The van der Waals surface area contributed by atoms with E-state index >= 15 is 0 Å². The minimum absolute atomic E-state index is 0.0364. The molecule has 1 aliphatic heterocycles. The molecule has 1 aromatic heterocycles. The molecule has 234 valence electrons. The van der Waals surface area contributed by atoms with Crippen LogP contribution >= 0.6 is 0 Å². The highest BCUT2D eigenvalue weighted by Crippen LogP contribution is 2.42. The van der Waals surface area contributed by atoms with E-state index in [0.29, 0.717) is 20.4 Å². The molecule has 0 aliphatic carbocycles. The van der Waals surface area contributed by atoms with Crippen molar-refractivity contribution in [1.82, 2.24) is 9.78 Å². The van der Waals surface area contributed by atoms with Gasteiger partial charge in [-0.2, -0.15) is 13.2 Å². The summed E-state index contributed by atoms with van der Waals surface area (Å²) in [4.78, 5) is 24.0. The van der Waals surface area contributed by atoms with Crippen LogP contribution in [0.4, 0.5) is 29.3 Å². The number of sulfonamides is 1. The van der Waals surface area contributed by atoms with Crippen molar-refractivity contribution in [2.75, 3.05) is 29.4 Å². The Kier molecular flexibility index (Phi) is 9.26. The molecule has 4 N–H and O–H groups in total. The maximum atomic E-state index is 14.1. The number of hydrogen-bond donors (Lipinski definition) is 3. The predicted octanol–water partition coefficient (Wildman–Crippen LogP) is 3.02. The third kappa shape index (κ3) is 7.00. The second-order valence-electron chi connectivity index (χ2n) is 10.7. The Morgan fingerprint density at radius 1 is 1.24 bits per heavy atom. The molecule has 2 heterocycles. The molecule has 0 spiro atoms. The van der Waals surface area contributed by atoms with E-state index in [0.717, 1.165) is 4.31 Å². The van der Waals surface area contributed by atoms with Gasteiger partial charge in [-0.25, -0.2) is 13.2 Å². The highest BCUT2D eigenvalue weighted by molar-refractivity contribution is 7.93. The van der Waals surface area contributed by atoms with E-state index in [4.69, 9.17) is 15.2 Å². The van der Waals surface area contributed by atoms with Crippen molar-refractivity contribution >= 4 is 33.4 Å². The van der Waals surface area contributed by atoms with Gasteiger partial charge in [0.25, 0.3) is 15.9 Å². The lowest BCUT2D eigenvalue weighted by molar-refractivity contribution is -0.242. The molecule has 2 amide bonds. The number of anilines is 2. The summed E-state index contributed by atoms with van der Waals surface area (Å²) in [5.41, 5.74) is 1.50. The average Bonchev–Trinajstić information content (AvgIpc) is 3.30. The number of ether oxygens (including phenoxy) is 3. The van der Waals surface area contributed by atoms with Crippen molar-refractivity contribution in [3.63, 3.8) is 0 Å². The standard InChI is InChI=1S/C25H34F3N5O8S/c1-6-32-14-19(20(31-32)39-10-9-34)42(37,38)33-13-16(12-23(2,3)21(29)35)40-18-8-7-15(11-17(18)33)30-22(36)41-24(4,5)25(26,27)28/h7-8,11,14,16,34H,6,9-10,12-13H2,1-5H3,(H2,29,35)(H,30,36)/t16-/m0/s1. The molecular formula is C25H34F3N5O8S. The molecule has 0 radical (unpaired) electrons. The monoisotopic (exact) mass is 621 g/mol. The highest BCUT2D eigenvalue weighted by Gasteiger charge is 2.51. The van der Waals surface area contributed by atoms with Crippen LogP contribution in [-0.4, -0.2) is 72.9 Å². The van der Waals surface area contributed by atoms with Crippen molar-refractivity contribution in [3.05, 3.63) is 24.4 Å². The summed E-state index contributed by atoms with van der Waals surface area (Å²) < 4.78 is 85.9. The summed E-state index contributed by atoms with van der Waals surface area (Å²) >= 11 is 0. The van der Waals surface area contributed by atoms with E-state index in [1.54, 1.807) is 20.8 Å². The molecule has 0 bridgehead atoms. The van der Waals surface area contributed by atoms with E-state index in [1.165, 1.54) is 29.1 Å².